The number of carbonyl (C=O) groups is 2. The van der Waals surface area contributed by atoms with Crippen LogP contribution in [0.1, 0.15) is 56.2 Å². The van der Waals surface area contributed by atoms with Crippen LogP contribution < -0.4 is 10.6 Å². The first-order valence-corrected chi connectivity index (χ1v) is 8.60. The highest BCUT2D eigenvalue weighted by Crippen LogP contribution is 2.29. The summed E-state index contributed by atoms with van der Waals surface area (Å²) in [5, 5.41) is 5.53. The maximum atomic E-state index is 12.8. The van der Waals surface area contributed by atoms with Crippen LogP contribution in [0.4, 0.5) is 4.79 Å². The standard InChI is InChI=1S/C19H24N2O3/c1-12-8-10-14(11-9-12)17-16(13(2)20-19(23)21-17)18(22)24-15-6-4-3-5-7-15/h8-11,15,17H,3-7H2,1-2H3,(H2,20,21,23)/t17-/m0/s1. The molecule has 1 heterocycles. The number of benzene rings is 1. The van der Waals surface area contributed by atoms with Gasteiger partial charge in [0.15, 0.2) is 0 Å². The molecule has 5 nitrogen and oxygen atoms in total. The molecule has 1 aliphatic heterocycles. The molecule has 1 aromatic rings. The number of allylic oxidation sites excluding steroid dienone is 1. The van der Waals surface area contributed by atoms with Gasteiger partial charge in [-0.1, -0.05) is 36.2 Å². The van der Waals surface area contributed by atoms with E-state index >= 15 is 0 Å². The van der Waals surface area contributed by atoms with Crippen LogP contribution >= 0.6 is 0 Å². The van der Waals surface area contributed by atoms with Crippen molar-refractivity contribution in [1.29, 1.82) is 0 Å². The average Bonchev–Trinajstić information content (AvgIpc) is 2.55. The molecule has 2 aliphatic rings. The summed E-state index contributed by atoms with van der Waals surface area (Å²) in [4.78, 5) is 24.6. The molecule has 1 aliphatic carbocycles. The van der Waals surface area contributed by atoms with Gasteiger partial charge in [-0.15, -0.1) is 0 Å². The first-order chi connectivity index (χ1) is 11.5. The molecule has 0 radical (unpaired) electrons. The number of amides is 2. The van der Waals surface area contributed by atoms with Crippen molar-refractivity contribution in [3.8, 4) is 0 Å². The van der Waals surface area contributed by atoms with Crippen LogP contribution in [0.25, 0.3) is 0 Å². The molecule has 1 aromatic carbocycles. The number of carbonyl (C=O) groups excluding carboxylic acids is 2. The Kier molecular flexibility index (Phi) is 4.88. The smallest absolute Gasteiger partial charge is 0.338 e. The summed E-state index contributed by atoms with van der Waals surface area (Å²) in [6, 6.07) is 7.05. The van der Waals surface area contributed by atoms with Gasteiger partial charge in [0.2, 0.25) is 0 Å². The van der Waals surface area contributed by atoms with E-state index in [0.29, 0.717) is 11.3 Å². The SMILES string of the molecule is CC1=C(C(=O)OC2CCCCC2)[C@H](c2ccc(C)cc2)NC(=O)N1. The molecule has 128 valence electrons. The van der Waals surface area contributed by atoms with E-state index in [-0.39, 0.29) is 18.1 Å². The lowest BCUT2D eigenvalue weighted by Gasteiger charge is -2.30. The highest BCUT2D eigenvalue weighted by atomic mass is 16.5. The van der Waals surface area contributed by atoms with E-state index in [9.17, 15) is 9.59 Å². The topological polar surface area (TPSA) is 67.4 Å². The van der Waals surface area contributed by atoms with Gasteiger partial charge in [0.05, 0.1) is 11.6 Å². The Morgan fingerprint density at radius 1 is 1.08 bits per heavy atom. The Morgan fingerprint density at radius 2 is 1.75 bits per heavy atom. The van der Waals surface area contributed by atoms with Crippen LogP contribution in [0.2, 0.25) is 0 Å². The van der Waals surface area contributed by atoms with Gasteiger partial charge in [0.1, 0.15) is 6.10 Å². The minimum Gasteiger partial charge on any atom is -0.459 e. The number of esters is 1. The van der Waals surface area contributed by atoms with E-state index < -0.39 is 6.04 Å². The number of aryl methyl sites for hydroxylation is 1. The fourth-order valence-corrected chi connectivity index (χ4v) is 3.37. The molecular formula is C19H24N2O3. The molecular weight excluding hydrogens is 304 g/mol. The number of ether oxygens (including phenoxy) is 1. The second-order valence-corrected chi connectivity index (χ2v) is 6.65. The maximum absolute atomic E-state index is 12.8. The van der Waals surface area contributed by atoms with E-state index in [2.05, 4.69) is 10.6 Å². The van der Waals surface area contributed by atoms with Crippen LogP contribution in [0, 0.1) is 6.92 Å². The summed E-state index contributed by atoms with van der Waals surface area (Å²) in [6.45, 7) is 3.75. The Morgan fingerprint density at radius 3 is 2.42 bits per heavy atom. The van der Waals surface area contributed by atoms with Gasteiger partial charge in [-0.3, -0.25) is 0 Å². The molecule has 3 rings (SSSR count). The second-order valence-electron chi connectivity index (χ2n) is 6.65. The second kappa shape index (κ2) is 7.07. The highest BCUT2D eigenvalue weighted by molar-refractivity contribution is 5.95. The van der Waals surface area contributed by atoms with Crippen molar-refractivity contribution in [1.82, 2.24) is 10.6 Å². The van der Waals surface area contributed by atoms with Crippen molar-refractivity contribution in [2.45, 2.75) is 58.1 Å². The lowest BCUT2D eigenvalue weighted by Crippen LogP contribution is -2.45. The van der Waals surface area contributed by atoms with Crippen molar-refractivity contribution in [3.63, 3.8) is 0 Å². The van der Waals surface area contributed by atoms with Crippen molar-refractivity contribution < 1.29 is 14.3 Å². The van der Waals surface area contributed by atoms with Crippen molar-refractivity contribution in [2.75, 3.05) is 0 Å². The number of hydrogen-bond donors (Lipinski definition) is 2. The molecule has 0 unspecified atom stereocenters. The Balaban J connectivity index is 1.85. The third-order valence-corrected chi connectivity index (χ3v) is 4.73. The van der Waals surface area contributed by atoms with Crippen LogP contribution in [-0.2, 0) is 9.53 Å². The van der Waals surface area contributed by atoms with Gasteiger partial charge >= 0.3 is 12.0 Å². The molecule has 1 saturated carbocycles. The van der Waals surface area contributed by atoms with Gasteiger partial charge in [-0.2, -0.15) is 0 Å². The fraction of sp³-hybridized carbons (Fsp3) is 0.474. The molecule has 5 heteroatoms. The van der Waals surface area contributed by atoms with Crippen molar-refractivity contribution in [2.24, 2.45) is 0 Å². The molecule has 0 saturated heterocycles. The third kappa shape index (κ3) is 3.61. The van der Waals surface area contributed by atoms with Gasteiger partial charge in [-0.05, 0) is 45.1 Å². The third-order valence-electron chi connectivity index (χ3n) is 4.73. The Labute approximate surface area is 142 Å². The average molecular weight is 328 g/mol. The quantitative estimate of drug-likeness (QED) is 0.835. The summed E-state index contributed by atoms with van der Waals surface area (Å²) in [5.41, 5.74) is 3.06. The van der Waals surface area contributed by atoms with Crippen molar-refractivity contribution in [3.05, 3.63) is 46.7 Å². The first-order valence-electron chi connectivity index (χ1n) is 8.60. The lowest BCUT2D eigenvalue weighted by atomic mass is 9.94. The van der Waals surface area contributed by atoms with Crippen LogP contribution in [0.5, 0.6) is 0 Å². The normalized spacial score (nSPS) is 21.9. The molecule has 0 bridgehead atoms. The zero-order valence-corrected chi connectivity index (χ0v) is 14.2. The van der Waals surface area contributed by atoms with E-state index in [4.69, 9.17) is 4.74 Å². The Hall–Kier alpha value is -2.30. The van der Waals surface area contributed by atoms with E-state index in [1.165, 1.54) is 6.42 Å². The van der Waals surface area contributed by atoms with E-state index in [1.807, 2.05) is 31.2 Å². The number of hydrogen-bond acceptors (Lipinski definition) is 3. The Bertz CT molecular complexity index is 658. The zero-order chi connectivity index (χ0) is 17.1. The van der Waals surface area contributed by atoms with Crippen LogP contribution in [0.3, 0.4) is 0 Å². The fourth-order valence-electron chi connectivity index (χ4n) is 3.37. The number of nitrogens with one attached hydrogen (secondary N) is 2. The summed E-state index contributed by atoms with van der Waals surface area (Å²) < 4.78 is 5.72. The molecule has 1 atom stereocenters. The summed E-state index contributed by atoms with van der Waals surface area (Å²) in [7, 11) is 0. The molecule has 2 N–H and O–H groups in total. The van der Waals surface area contributed by atoms with Gasteiger partial charge < -0.3 is 15.4 Å². The summed E-state index contributed by atoms with van der Waals surface area (Å²) >= 11 is 0. The van der Waals surface area contributed by atoms with E-state index in [1.54, 1.807) is 6.92 Å². The molecule has 0 aromatic heterocycles. The maximum Gasteiger partial charge on any atom is 0.338 e. The zero-order valence-electron chi connectivity index (χ0n) is 14.2. The predicted octanol–water partition coefficient (Wildman–Crippen LogP) is 3.50. The number of urea groups is 1. The predicted molar refractivity (Wildman–Crippen MR) is 91.3 cm³/mol. The lowest BCUT2D eigenvalue weighted by molar-refractivity contribution is -0.146. The van der Waals surface area contributed by atoms with Crippen molar-refractivity contribution >= 4 is 12.0 Å². The highest BCUT2D eigenvalue weighted by Gasteiger charge is 2.33. The summed E-state index contributed by atoms with van der Waals surface area (Å²) in [6.07, 6.45) is 5.25. The minimum absolute atomic E-state index is 0.0113. The molecule has 24 heavy (non-hydrogen) atoms. The van der Waals surface area contributed by atoms with Gasteiger partial charge in [0, 0.05) is 5.70 Å². The first kappa shape index (κ1) is 16.6. The summed E-state index contributed by atoms with van der Waals surface area (Å²) in [5.74, 6) is -0.336. The molecule has 2 amide bonds. The molecule has 1 fully saturated rings. The number of rotatable bonds is 3. The van der Waals surface area contributed by atoms with Gasteiger partial charge in [0.25, 0.3) is 0 Å². The monoisotopic (exact) mass is 328 g/mol. The van der Waals surface area contributed by atoms with E-state index in [0.717, 1.165) is 36.8 Å². The van der Waals surface area contributed by atoms with Crippen LogP contribution in [0.15, 0.2) is 35.5 Å². The minimum atomic E-state index is -0.476. The largest absolute Gasteiger partial charge is 0.459 e. The molecule has 0 spiro atoms. The van der Waals surface area contributed by atoms with Gasteiger partial charge in [-0.25, -0.2) is 9.59 Å². The van der Waals surface area contributed by atoms with Crippen LogP contribution in [-0.4, -0.2) is 18.1 Å².